The number of hydrogen-bond donors (Lipinski definition) is 1. The van der Waals surface area contributed by atoms with Crippen LogP contribution in [0.2, 0.25) is 5.02 Å². The summed E-state index contributed by atoms with van der Waals surface area (Å²) in [4.78, 5) is 23.3. The minimum absolute atomic E-state index is 0.0840. The highest BCUT2D eigenvalue weighted by Gasteiger charge is 2.20. The number of fused-ring (bicyclic) bond motifs is 1. The fourth-order valence-corrected chi connectivity index (χ4v) is 4.48. The normalized spacial score (nSPS) is 14.7. The van der Waals surface area contributed by atoms with Gasteiger partial charge in [0, 0.05) is 48.2 Å². The highest BCUT2D eigenvalue weighted by atomic mass is 35.5. The van der Waals surface area contributed by atoms with Crippen molar-refractivity contribution in [2.24, 2.45) is 0 Å². The van der Waals surface area contributed by atoms with Gasteiger partial charge in [0.25, 0.3) is 5.91 Å². The Hall–Kier alpha value is -3.55. The van der Waals surface area contributed by atoms with Crippen molar-refractivity contribution >= 4 is 34.1 Å². The number of aromatic nitrogens is 2. The van der Waals surface area contributed by atoms with E-state index < -0.39 is 0 Å². The summed E-state index contributed by atoms with van der Waals surface area (Å²) < 4.78 is 20.3. The summed E-state index contributed by atoms with van der Waals surface area (Å²) in [5.41, 5.74) is 3.98. The van der Waals surface area contributed by atoms with Crippen molar-refractivity contribution < 1.29 is 13.9 Å². The van der Waals surface area contributed by atoms with Crippen LogP contribution in [-0.2, 0) is 4.74 Å². The lowest BCUT2D eigenvalue weighted by molar-refractivity contribution is 0.0302. The summed E-state index contributed by atoms with van der Waals surface area (Å²) in [5.74, 6) is -0.420. The summed E-state index contributed by atoms with van der Waals surface area (Å²) in [6, 6.07) is 14.0. The van der Waals surface area contributed by atoms with E-state index in [1.165, 1.54) is 6.07 Å². The van der Waals surface area contributed by atoms with Crippen LogP contribution in [0.15, 0.2) is 67.1 Å². The number of rotatable bonds is 5. The number of benzene rings is 2. The minimum atomic E-state index is -0.385. The van der Waals surface area contributed by atoms with Crippen LogP contribution in [0, 0.1) is 5.82 Å². The van der Waals surface area contributed by atoms with Crippen LogP contribution < -0.4 is 5.32 Å². The van der Waals surface area contributed by atoms with Crippen LogP contribution in [0.1, 0.15) is 28.9 Å². The molecule has 1 unspecified atom stereocenters. The second kappa shape index (κ2) is 9.98. The highest BCUT2D eigenvalue weighted by Crippen LogP contribution is 2.34. The predicted octanol–water partition coefficient (Wildman–Crippen LogP) is 5.73. The number of carbonyl (C=O) groups excluding carboxylic acids is 1. The van der Waals surface area contributed by atoms with Crippen LogP contribution in [0.4, 0.5) is 10.1 Å². The lowest BCUT2D eigenvalue weighted by atomic mass is 9.99. The Morgan fingerprint density at radius 3 is 2.71 bits per heavy atom. The molecule has 2 aromatic heterocycles. The maximum atomic E-state index is 14.9. The third-order valence-electron chi connectivity index (χ3n) is 6.17. The van der Waals surface area contributed by atoms with E-state index in [-0.39, 0.29) is 17.8 Å². The molecule has 4 aromatic rings. The van der Waals surface area contributed by atoms with E-state index in [1.807, 2.05) is 31.2 Å². The number of nitrogens with zero attached hydrogens (tertiary/aromatic N) is 3. The minimum Gasteiger partial charge on any atom is -0.378 e. The molecule has 1 aliphatic rings. The molecule has 3 heterocycles. The fourth-order valence-electron chi connectivity index (χ4n) is 4.28. The quantitative estimate of drug-likeness (QED) is 0.386. The first kappa shape index (κ1) is 23.2. The SMILES string of the molecule is CC(Nc1c(Cl)cnc2ccccc12)c1cc(-c2cncc(C(=O)N3CCOCC3)c2)ccc1F. The first-order valence-electron chi connectivity index (χ1n) is 11.4. The van der Waals surface area contributed by atoms with E-state index in [1.54, 1.807) is 41.7 Å². The standard InChI is InChI=1S/C27H24ClFN4O2/c1-17(32-26-21-4-2-3-5-25(21)31-16-23(26)28)22-13-18(6-7-24(22)29)19-12-20(15-30-14-19)27(34)33-8-10-35-11-9-33/h2-7,12-17H,8-11H2,1H3,(H,31,32). The molecular weight excluding hydrogens is 467 g/mol. The summed E-state index contributed by atoms with van der Waals surface area (Å²) in [7, 11) is 0. The van der Waals surface area contributed by atoms with Crippen molar-refractivity contribution in [2.75, 3.05) is 31.6 Å². The van der Waals surface area contributed by atoms with Gasteiger partial charge in [0.15, 0.2) is 0 Å². The first-order chi connectivity index (χ1) is 17.0. The third kappa shape index (κ3) is 4.83. The number of anilines is 1. The van der Waals surface area contributed by atoms with E-state index in [2.05, 4.69) is 15.3 Å². The van der Waals surface area contributed by atoms with Crippen LogP contribution in [0.5, 0.6) is 0 Å². The van der Waals surface area contributed by atoms with Gasteiger partial charge in [0.2, 0.25) is 0 Å². The van der Waals surface area contributed by atoms with Crippen molar-refractivity contribution in [3.63, 3.8) is 0 Å². The van der Waals surface area contributed by atoms with E-state index in [4.69, 9.17) is 16.3 Å². The van der Waals surface area contributed by atoms with Crippen molar-refractivity contribution in [1.82, 2.24) is 14.9 Å². The van der Waals surface area contributed by atoms with E-state index >= 15 is 0 Å². The number of amides is 1. The predicted molar refractivity (Wildman–Crippen MR) is 135 cm³/mol. The van der Waals surface area contributed by atoms with Gasteiger partial charge in [0.1, 0.15) is 5.82 Å². The van der Waals surface area contributed by atoms with Crippen molar-refractivity contribution in [2.45, 2.75) is 13.0 Å². The van der Waals surface area contributed by atoms with Gasteiger partial charge in [-0.05, 0) is 36.8 Å². The lowest BCUT2D eigenvalue weighted by Crippen LogP contribution is -2.40. The maximum absolute atomic E-state index is 14.9. The summed E-state index contributed by atoms with van der Waals surface area (Å²) in [6.07, 6.45) is 4.83. The van der Waals surface area contributed by atoms with E-state index in [0.717, 1.165) is 22.0 Å². The third-order valence-corrected chi connectivity index (χ3v) is 6.46. The molecule has 0 spiro atoms. The van der Waals surface area contributed by atoms with Gasteiger partial charge < -0.3 is 15.0 Å². The molecule has 5 rings (SSSR count). The van der Waals surface area contributed by atoms with Gasteiger partial charge >= 0.3 is 0 Å². The smallest absolute Gasteiger partial charge is 0.255 e. The maximum Gasteiger partial charge on any atom is 0.255 e. The molecule has 8 heteroatoms. The number of nitrogens with one attached hydrogen (secondary N) is 1. The van der Waals surface area contributed by atoms with Crippen molar-refractivity contribution in [3.8, 4) is 11.1 Å². The molecule has 1 N–H and O–H groups in total. The van der Waals surface area contributed by atoms with Crippen LogP contribution in [0.25, 0.3) is 22.0 Å². The molecule has 1 amide bonds. The fraction of sp³-hybridized carbons (Fsp3) is 0.222. The second-order valence-electron chi connectivity index (χ2n) is 8.47. The zero-order valence-corrected chi connectivity index (χ0v) is 19.9. The number of ether oxygens (including phenoxy) is 1. The average Bonchev–Trinajstić information content (AvgIpc) is 2.90. The van der Waals surface area contributed by atoms with Gasteiger partial charge in [-0.1, -0.05) is 35.9 Å². The molecule has 35 heavy (non-hydrogen) atoms. The molecule has 0 radical (unpaired) electrons. The topological polar surface area (TPSA) is 67.4 Å². The zero-order chi connectivity index (χ0) is 24.4. The zero-order valence-electron chi connectivity index (χ0n) is 19.2. The first-order valence-corrected chi connectivity index (χ1v) is 11.8. The molecule has 0 aliphatic carbocycles. The molecule has 2 aromatic carbocycles. The van der Waals surface area contributed by atoms with Gasteiger partial charge in [-0.3, -0.25) is 14.8 Å². The molecule has 6 nitrogen and oxygen atoms in total. The van der Waals surface area contributed by atoms with Crippen LogP contribution >= 0.6 is 11.6 Å². The van der Waals surface area contributed by atoms with Gasteiger partial charge in [-0.15, -0.1) is 0 Å². The molecule has 1 atom stereocenters. The monoisotopic (exact) mass is 490 g/mol. The molecule has 1 saturated heterocycles. The number of carbonyl (C=O) groups is 1. The largest absolute Gasteiger partial charge is 0.378 e. The summed E-state index contributed by atoms with van der Waals surface area (Å²) in [6.45, 7) is 4.05. The number of para-hydroxylation sites is 1. The molecule has 0 bridgehead atoms. The Kier molecular flexibility index (Phi) is 6.61. The summed E-state index contributed by atoms with van der Waals surface area (Å²) in [5, 5.41) is 4.69. The van der Waals surface area contributed by atoms with Crippen LogP contribution in [0.3, 0.4) is 0 Å². The Morgan fingerprint density at radius 2 is 1.89 bits per heavy atom. The summed E-state index contributed by atoms with van der Waals surface area (Å²) >= 11 is 6.44. The van der Waals surface area contributed by atoms with Crippen molar-refractivity contribution in [3.05, 3.63) is 89.1 Å². The molecule has 1 fully saturated rings. The van der Waals surface area contributed by atoms with Gasteiger partial charge in [-0.2, -0.15) is 0 Å². The molecular formula is C27H24ClFN4O2. The Balaban J connectivity index is 1.44. The highest BCUT2D eigenvalue weighted by molar-refractivity contribution is 6.34. The number of hydrogen-bond acceptors (Lipinski definition) is 5. The van der Waals surface area contributed by atoms with Gasteiger partial charge in [0.05, 0.1) is 41.0 Å². The number of halogens is 2. The number of morpholine rings is 1. The average molecular weight is 491 g/mol. The van der Waals surface area contributed by atoms with E-state index in [0.29, 0.717) is 48.1 Å². The Bertz CT molecular complexity index is 1390. The number of pyridine rings is 2. The Morgan fingerprint density at radius 1 is 1.09 bits per heavy atom. The van der Waals surface area contributed by atoms with E-state index in [9.17, 15) is 9.18 Å². The molecule has 1 aliphatic heterocycles. The second-order valence-corrected chi connectivity index (χ2v) is 8.87. The lowest BCUT2D eigenvalue weighted by Gasteiger charge is -2.26. The van der Waals surface area contributed by atoms with Crippen LogP contribution in [-0.4, -0.2) is 47.1 Å². The van der Waals surface area contributed by atoms with Crippen molar-refractivity contribution in [1.29, 1.82) is 0 Å². The Labute approximate surface area is 207 Å². The molecule has 178 valence electrons. The van der Waals surface area contributed by atoms with Gasteiger partial charge in [-0.25, -0.2) is 4.39 Å². The molecule has 0 saturated carbocycles.